The van der Waals surface area contributed by atoms with Crippen LogP contribution in [0.3, 0.4) is 0 Å². The molecule has 0 bridgehead atoms. The molecule has 1 aromatic heterocycles. The molecule has 0 unspecified atom stereocenters. The van der Waals surface area contributed by atoms with E-state index < -0.39 is 0 Å². The summed E-state index contributed by atoms with van der Waals surface area (Å²) in [6, 6.07) is 11.3. The molecule has 0 saturated carbocycles. The molecule has 2 N–H and O–H groups in total. The molecule has 124 valence electrons. The van der Waals surface area contributed by atoms with Gasteiger partial charge in [0.15, 0.2) is 5.16 Å². The topological polar surface area (TPSA) is 74.8 Å². The Bertz CT molecular complexity index is 769. The second kappa shape index (κ2) is 9.52. The van der Waals surface area contributed by atoms with E-state index in [1.165, 1.54) is 17.8 Å². The van der Waals surface area contributed by atoms with Gasteiger partial charge in [0.25, 0.3) is 5.56 Å². The summed E-state index contributed by atoms with van der Waals surface area (Å²) in [6.07, 6.45) is 5.69. The molecule has 24 heavy (non-hydrogen) atoms. The number of aromatic nitrogens is 2. The van der Waals surface area contributed by atoms with Gasteiger partial charge in [-0.05, 0) is 5.56 Å². The van der Waals surface area contributed by atoms with E-state index in [9.17, 15) is 9.59 Å². The molecule has 0 spiro atoms. The number of nitrogens with one attached hydrogen (secondary N) is 2. The number of H-pyrrole nitrogens is 1. The van der Waals surface area contributed by atoms with Gasteiger partial charge in [-0.15, -0.1) is 6.58 Å². The smallest absolute Gasteiger partial charge is 0.251 e. The maximum atomic E-state index is 11.7. The third kappa shape index (κ3) is 6.26. The zero-order valence-electron chi connectivity index (χ0n) is 13.2. The van der Waals surface area contributed by atoms with Gasteiger partial charge < -0.3 is 10.3 Å². The van der Waals surface area contributed by atoms with Crippen LogP contribution in [0, 0.1) is 0 Å². The van der Waals surface area contributed by atoms with Crippen LogP contribution >= 0.6 is 11.8 Å². The standard InChI is InChI=1S/C18H19N3O2S/c1-2-10-19-16(22)12-15-13-17(23)21-18(20-15)24-11-6-9-14-7-4-3-5-8-14/h2-9,13H,1,10-12H2,(H,19,22)(H,20,21,23)/b9-6+. The van der Waals surface area contributed by atoms with Gasteiger partial charge in [-0.25, -0.2) is 4.98 Å². The van der Waals surface area contributed by atoms with Gasteiger partial charge in [0.05, 0.1) is 12.1 Å². The highest BCUT2D eigenvalue weighted by Crippen LogP contribution is 2.12. The summed E-state index contributed by atoms with van der Waals surface area (Å²) in [5.74, 6) is 0.483. The number of nitrogens with zero attached hydrogens (tertiary/aromatic N) is 1. The Morgan fingerprint density at radius 1 is 1.33 bits per heavy atom. The van der Waals surface area contributed by atoms with Crippen molar-refractivity contribution in [3.8, 4) is 0 Å². The first-order valence-electron chi connectivity index (χ1n) is 7.49. The molecule has 0 atom stereocenters. The molecule has 1 aromatic carbocycles. The molecular weight excluding hydrogens is 322 g/mol. The molecule has 1 amide bonds. The fourth-order valence-corrected chi connectivity index (χ4v) is 2.64. The molecule has 1 heterocycles. The molecule has 0 aliphatic rings. The molecule has 2 rings (SSSR count). The van der Waals surface area contributed by atoms with E-state index in [0.717, 1.165) is 5.56 Å². The number of amides is 1. The molecule has 0 fully saturated rings. The quantitative estimate of drug-likeness (QED) is 0.439. The number of carbonyl (C=O) groups is 1. The van der Waals surface area contributed by atoms with Crippen molar-refractivity contribution in [3.05, 3.63) is 76.7 Å². The molecule has 2 aromatic rings. The Balaban J connectivity index is 1.93. The van der Waals surface area contributed by atoms with Crippen LogP contribution in [0.2, 0.25) is 0 Å². The van der Waals surface area contributed by atoms with Crippen molar-refractivity contribution >= 4 is 23.7 Å². The SMILES string of the molecule is C=CCNC(=O)Cc1cc(=O)[nH]c(SC/C=C/c2ccccc2)n1. The Labute approximate surface area is 144 Å². The summed E-state index contributed by atoms with van der Waals surface area (Å²) in [7, 11) is 0. The average Bonchev–Trinajstić information content (AvgIpc) is 2.57. The first-order chi connectivity index (χ1) is 11.7. The number of carbonyl (C=O) groups excluding carboxylic acids is 1. The lowest BCUT2D eigenvalue weighted by molar-refractivity contribution is -0.120. The summed E-state index contributed by atoms with van der Waals surface area (Å²) in [5, 5.41) is 3.17. The Morgan fingerprint density at radius 3 is 2.88 bits per heavy atom. The second-order valence-electron chi connectivity index (χ2n) is 4.94. The average molecular weight is 341 g/mol. The van der Waals surface area contributed by atoms with E-state index in [0.29, 0.717) is 23.1 Å². The summed E-state index contributed by atoms with van der Waals surface area (Å²) < 4.78 is 0. The molecule has 5 nitrogen and oxygen atoms in total. The molecule has 0 aliphatic heterocycles. The maximum Gasteiger partial charge on any atom is 0.251 e. The van der Waals surface area contributed by atoms with Gasteiger partial charge in [-0.2, -0.15) is 0 Å². The van der Waals surface area contributed by atoms with Gasteiger partial charge in [0, 0.05) is 18.4 Å². The van der Waals surface area contributed by atoms with Crippen LogP contribution in [-0.4, -0.2) is 28.2 Å². The van der Waals surface area contributed by atoms with Crippen LogP contribution in [0.4, 0.5) is 0 Å². The monoisotopic (exact) mass is 341 g/mol. The lowest BCUT2D eigenvalue weighted by atomic mass is 10.2. The zero-order chi connectivity index (χ0) is 17.2. The molecule has 0 radical (unpaired) electrons. The van der Waals surface area contributed by atoms with Crippen LogP contribution in [0.15, 0.2) is 65.1 Å². The highest BCUT2D eigenvalue weighted by molar-refractivity contribution is 7.99. The van der Waals surface area contributed by atoms with Crippen molar-refractivity contribution in [1.29, 1.82) is 0 Å². The molecule has 6 heteroatoms. The van der Waals surface area contributed by atoms with Crippen molar-refractivity contribution in [2.75, 3.05) is 12.3 Å². The number of aromatic amines is 1. The minimum atomic E-state index is -0.258. The fourth-order valence-electron chi connectivity index (χ4n) is 1.93. The van der Waals surface area contributed by atoms with Crippen LogP contribution in [0.5, 0.6) is 0 Å². The molecule has 0 aliphatic carbocycles. The first kappa shape index (κ1) is 17.7. The molecule has 0 saturated heterocycles. The number of thioether (sulfide) groups is 1. The minimum absolute atomic E-state index is 0.0746. The minimum Gasteiger partial charge on any atom is -0.352 e. The van der Waals surface area contributed by atoms with Crippen LogP contribution in [0.1, 0.15) is 11.3 Å². The van der Waals surface area contributed by atoms with Gasteiger partial charge in [-0.1, -0.05) is 60.3 Å². The first-order valence-corrected chi connectivity index (χ1v) is 8.48. The van der Waals surface area contributed by atoms with E-state index in [-0.39, 0.29) is 17.9 Å². The van der Waals surface area contributed by atoms with Gasteiger partial charge in [0.1, 0.15) is 0 Å². The maximum absolute atomic E-state index is 11.7. The lowest BCUT2D eigenvalue weighted by Gasteiger charge is -2.04. The van der Waals surface area contributed by atoms with E-state index in [1.807, 2.05) is 42.5 Å². The van der Waals surface area contributed by atoms with Crippen LogP contribution in [-0.2, 0) is 11.2 Å². The molecular formula is C18H19N3O2S. The van der Waals surface area contributed by atoms with E-state index in [4.69, 9.17) is 0 Å². The summed E-state index contributed by atoms with van der Waals surface area (Å²) in [5.41, 5.74) is 1.31. The normalized spacial score (nSPS) is 10.7. The van der Waals surface area contributed by atoms with E-state index >= 15 is 0 Å². The van der Waals surface area contributed by atoms with Crippen molar-refractivity contribution in [3.63, 3.8) is 0 Å². The van der Waals surface area contributed by atoms with Crippen LogP contribution in [0.25, 0.3) is 6.08 Å². The van der Waals surface area contributed by atoms with Crippen molar-refractivity contribution in [2.45, 2.75) is 11.6 Å². The van der Waals surface area contributed by atoms with Crippen molar-refractivity contribution < 1.29 is 4.79 Å². The predicted molar refractivity (Wildman–Crippen MR) is 98.0 cm³/mol. The fraction of sp³-hybridized carbons (Fsp3) is 0.167. The second-order valence-corrected chi connectivity index (χ2v) is 5.94. The van der Waals surface area contributed by atoms with Gasteiger partial charge in [0.2, 0.25) is 5.91 Å². The van der Waals surface area contributed by atoms with Gasteiger partial charge in [-0.3, -0.25) is 9.59 Å². The van der Waals surface area contributed by atoms with Gasteiger partial charge >= 0.3 is 0 Å². The number of hydrogen-bond donors (Lipinski definition) is 2. The van der Waals surface area contributed by atoms with Crippen molar-refractivity contribution in [1.82, 2.24) is 15.3 Å². The van der Waals surface area contributed by atoms with E-state index in [2.05, 4.69) is 21.9 Å². The lowest BCUT2D eigenvalue weighted by Crippen LogP contribution is -2.26. The highest BCUT2D eigenvalue weighted by atomic mass is 32.2. The van der Waals surface area contributed by atoms with Crippen molar-refractivity contribution in [2.24, 2.45) is 0 Å². The summed E-state index contributed by atoms with van der Waals surface area (Å²) in [6.45, 7) is 3.93. The third-order valence-electron chi connectivity index (χ3n) is 2.98. The predicted octanol–water partition coefficient (Wildman–Crippen LogP) is 2.42. The van der Waals surface area contributed by atoms with Crippen LogP contribution < -0.4 is 10.9 Å². The Morgan fingerprint density at radius 2 is 2.12 bits per heavy atom. The Hall–Kier alpha value is -2.60. The zero-order valence-corrected chi connectivity index (χ0v) is 14.0. The summed E-state index contributed by atoms with van der Waals surface area (Å²) >= 11 is 1.41. The third-order valence-corrected chi connectivity index (χ3v) is 3.81. The highest BCUT2D eigenvalue weighted by Gasteiger charge is 2.06. The number of hydrogen-bond acceptors (Lipinski definition) is 4. The number of rotatable bonds is 8. The Kier molecular flexibility index (Phi) is 7.04. The summed E-state index contributed by atoms with van der Waals surface area (Å²) in [4.78, 5) is 30.4. The van der Waals surface area contributed by atoms with E-state index in [1.54, 1.807) is 6.08 Å². The largest absolute Gasteiger partial charge is 0.352 e. The number of benzene rings is 1.